The van der Waals surface area contributed by atoms with Crippen molar-refractivity contribution in [2.75, 3.05) is 13.2 Å². The Balaban J connectivity index is 3.44. The predicted octanol–water partition coefficient (Wildman–Crippen LogP) is 0.716. The van der Waals surface area contributed by atoms with E-state index in [4.69, 9.17) is 15.6 Å². The van der Waals surface area contributed by atoms with Gasteiger partial charge in [-0.25, -0.2) is 0 Å². The third-order valence-electron chi connectivity index (χ3n) is 1.24. The third kappa shape index (κ3) is 7.78. The number of ether oxygens (including phenoxy) is 1. The van der Waals surface area contributed by atoms with E-state index in [-0.39, 0.29) is 18.2 Å². The molecular weight excluding hydrogens is 142 g/mol. The van der Waals surface area contributed by atoms with Crippen LogP contribution in [0.4, 0.5) is 0 Å². The van der Waals surface area contributed by atoms with E-state index < -0.39 is 0 Å². The summed E-state index contributed by atoms with van der Waals surface area (Å²) in [6.45, 7) is 6.69. The van der Waals surface area contributed by atoms with E-state index in [1.807, 2.05) is 0 Å². The number of rotatable bonds is 4. The number of nitrogens with two attached hydrogens (primary N) is 1. The Morgan fingerprint density at radius 3 is 2.36 bits per heavy atom. The maximum Gasteiger partial charge on any atom is 0.106 e. The van der Waals surface area contributed by atoms with Gasteiger partial charge in [-0.3, -0.25) is 0 Å². The molecule has 0 aliphatic rings. The lowest BCUT2D eigenvalue weighted by Gasteiger charge is -2.22. The largest absolute Gasteiger partial charge is 0.394 e. The summed E-state index contributed by atoms with van der Waals surface area (Å²) in [6.07, 6.45) is 0.564. The fraction of sp³-hybridized carbons (Fsp3) is 1.00. The van der Waals surface area contributed by atoms with E-state index in [1.165, 1.54) is 0 Å². The average molecular weight is 161 g/mol. The van der Waals surface area contributed by atoms with E-state index in [0.717, 1.165) is 6.42 Å². The van der Waals surface area contributed by atoms with E-state index >= 15 is 0 Å². The molecule has 3 N–H and O–H groups in total. The zero-order valence-corrected chi connectivity index (χ0v) is 7.63. The molecule has 0 saturated carbocycles. The van der Waals surface area contributed by atoms with Crippen molar-refractivity contribution in [1.29, 1.82) is 0 Å². The summed E-state index contributed by atoms with van der Waals surface area (Å²) in [7, 11) is 0. The molecule has 0 amide bonds. The lowest BCUT2D eigenvalue weighted by Crippen LogP contribution is -2.30. The smallest absolute Gasteiger partial charge is 0.106 e. The number of aliphatic hydroxyl groups excluding tert-OH is 1. The molecule has 0 bridgehead atoms. The first kappa shape index (κ1) is 10.9. The molecule has 0 aromatic carbocycles. The Bertz CT molecular complexity index is 98.8. The summed E-state index contributed by atoms with van der Waals surface area (Å²) in [5.74, 6) is 0. The van der Waals surface area contributed by atoms with Crippen LogP contribution < -0.4 is 5.73 Å². The maximum atomic E-state index is 8.43. The van der Waals surface area contributed by atoms with Crippen LogP contribution in [0.15, 0.2) is 0 Å². The first-order valence-electron chi connectivity index (χ1n) is 3.94. The van der Waals surface area contributed by atoms with E-state index in [9.17, 15) is 0 Å². The minimum absolute atomic E-state index is 0.0395. The monoisotopic (exact) mass is 161 g/mol. The van der Waals surface area contributed by atoms with E-state index in [1.54, 1.807) is 0 Å². The molecule has 0 aliphatic carbocycles. The van der Waals surface area contributed by atoms with E-state index in [2.05, 4.69) is 20.8 Å². The molecule has 0 aromatic heterocycles. The molecule has 0 spiro atoms. The van der Waals surface area contributed by atoms with Gasteiger partial charge < -0.3 is 15.6 Å². The lowest BCUT2D eigenvalue weighted by atomic mass is 9.91. The second kappa shape index (κ2) is 4.70. The fourth-order valence-electron chi connectivity index (χ4n) is 0.867. The first-order valence-corrected chi connectivity index (χ1v) is 3.94. The summed E-state index contributed by atoms with van der Waals surface area (Å²) in [6, 6.07) is 0. The van der Waals surface area contributed by atoms with Crippen LogP contribution in [0.2, 0.25) is 0 Å². The second-order valence-corrected chi connectivity index (χ2v) is 3.90. The van der Waals surface area contributed by atoms with Crippen molar-refractivity contribution in [1.82, 2.24) is 0 Å². The van der Waals surface area contributed by atoms with Crippen LogP contribution in [0.3, 0.4) is 0 Å². The molecule has 0 aliphatic heterocycles. The Labute approximate surface area is 68.5 Å². The fourth-order valence-corrected chi connectivity index (χ4v) is 0.867. The summed E-state index contributed by atoms with van der Waals surface area (Å²) in [5, 5.41) is 8.43. The molecule has 0 saturated heterocycles. The molecule has 0 rings (SSSR count). The van der Waals surface area contributed by atoms with Gasteiger partial charge in [-0.05, 0) is 11.8 Å². The van der Waals surface area contributed by atoms with Crippen molar-refractivity contribution in [2.45, 2.75) is 33.4 Å². The summed E-state index contributed by atoms with van der Waals surface area (Å²) >= 11 is 0. The van der Waals surface area contributed by atoms with Crippen LogP contribution in [0.1, 0.15) is 27.2 Å². The molecule has 3 heteroatoms. The first-order chi connectivity index (χ1) is 4.95. The van der Waals surface area contributed by atoms with Gasteiger partial charge in [0.05, 0.1) is 13.2 Å². The van der Waals surface area contributed by atoms with Crippen molar-refractivity contribution in [3.8, 4) is 0 Å². The highest BCUT2D eigenvalue weighted by atomic mass is 16.5. The molecule has 0 heterocycles. The van der Waals surface area contributed by atoms with Gasteiger partial charge in [0.1, 0.15) is 6.23 Å². The summed E-state index contributed by atoms with van der Waals surface area (Å²) in [4.78, 5) is 0. The molecule has 0 radical (unpaired) electrons. The van der Waals surface area contributed by atoms with Crippen LogP contribution in [-0.4, -0.2) is 24.5 Å². The van der Waals surface area contributed by atoms with Gasteiger partial charge in [0, 0.05) is 0 Å². The molecule has 68 valence electrons. The van der Waals surface area contributed by atoms with Crippen LogP contribution in [0.25, 0.3) is 0 Å². The summed E-state index contributed by atoms with van der Waals surface area (Å²) in [5.41, 5.74) is 5.80. The van der Waals surface area contributed by atoms with Gasteiger partial charge in [-0.15, -0.1) is 0 Å². The molecule has 1 unspecified atom stereocenters. The third-order valence-corrected chi connectivity index (χ3v) is 1.24. The zero-order chi connectivity index (χ0) is 8.91. The van der Waals surface area contributed by atoms with Gasteiger partial charge in [-0.2, -0.15) is 0 Å². The highest BCUT2D eigenvalue weighted by molar-refractivity contribution is 4.64. The second-order valence-electron chi connectivity index (χ2n) is 3.90. The quantitative estimate of drug-likeness (QED) is 0.597. The predicted molar refractivity (Wildman–Crippen MR) is 45.1 cm³/mol. The number of hydrogen-bond acceptors (Lipinski definition) is 3. The normalized spacial score (nSPS) is 15.0. The standard InChI is InChI=1S/C8H19NO2/c1-8(2,3)6-7(9)11-5-4-10/h7,10H,4-6,9H2,1-3H3. The Morgan fingerprint density at radius 1 is 1.45 bits per heavy atom. The Kier molecular flexibility index (Phi) is 4.65. The van der Waals surface area contributed by atoms with Crippen LogP contribution in [0, 0.1) is 5.41 Å². The Morgan fingerprint density at radius 2 is 2.00 bits per heavy atom. The molecule has 0 aromatic rings. The minimum Gasteiger partial charge on any atom is -0.394 e. The molecule has 11 heavy (non-hydrogen) atoms. The SMILES string of the molecule is CC(C)(C)CC(N)OCCO. The average Bonchev–Trinajstić information content (AvgIpc) is 1.79. The van der Waals surface area contributed by atoms with Crippen molar-refractivity contribution < 1.29 is 9.84 Å². The van der Waals surface area contributed by atoms with Crippen molar-refractivity contribution in [3.05, 3.63) is 0 Å². The molecule has 1 atom stereocenters. The van der Waals surface area contributed by atoms with Gasteiger partial charge in [-0.1, -0.05) is 20.8 Å². The van der Waals surface area contributed by atoms with Gasteiger partial charge in [0.2, 0.25) is 0 Å². The van der Waals surface area contributed by atoms with Gasteiger partial charge in [0.15, 0.2) is 0 Å². The molecular formula is C8H19NO2. The van der Waals surface area contributed by atoms with Crippen LogP contribution >= 0.6 is 0 Å². The highest BCUT2D eigenvalue weighted by Crippen LogP contribution is 2.19. The molecule has 0 fully saturated rings. The van der Waals surface area contributed by atoms with Gasteiger partial charge >= 0.3 is 0 Å². The van der Waals surface area contributed by atoms with Crippen molar-refractivity contribution >= 4 is 0 Å². The lowest BCUT2D eigenvalue weighted by molar-refractivity contribution is 0.0106. The Hall–Kier alpha value is -0.120. The maximum absolute atomic E-state index is 8.43. The summed E-state index contributed by atoms with van der Waals surface area (Å²) < 4.78 is 5.09. The molecule has 3 nitrogen and oxygen atoms in total. The van der Waals surface area contributed by atoms with E-state index in [0.29, 0.717) is 6.61 Å². The highest BCUT2D eigenvalue weighted by Gasteiger charge is 2.15. The number of hydrogen-bond donors (Lipinski definition) is 2. The van der Waals surface area contributed by atoms with Crippen molar-refractivity contribution in [2.24, 2.45) is 11.1 Å². The van der Waals surface area contributed by atoms with Gasteiger partial charge in [0.25, 0.3) is 0 Å². The minimum atomic E-state index is -0.248. The van der Waals surface area contributed by atoms with Crippen LogP contribution in [-0.2, 0) is 4.74 Å². The number of aliphatic hydroxyl groups is 1. The zero-order valence-electron chi connectivity index (χ0n) is 7.63. The van der Waals surface area contributed by atoms with Crippen LogP contribution in [0.5, 0.6) is 0 Å². The van der Waals surface area contributed by atoms with Crippen molar-refractivity contribution in [3.63, 3.8) is 0 Å². The topological polar surface area (TPSA) is 55.5 Å².